The van der Waals surface area contributed by atoms with Crippen LogP contribution in [0.25, 0.3) is 0 Å². The molecule has 2 heterocycles. The first-order valence-corrected chi connectivity index (χ1v) is 11.1. The molecule has 0 radical (unpaired) electrons. The van der Waals surface area contributed by atoms with Gasteiger partial charge in [0.25, 0.3) is 10.0 Å². The normalized spacial score (nSPS) is 12.7. The molecule has 10 heteroatoms. The Morgan fingerprint density at radius 2 is 1.66 bits per heavy atom. The highest BCUT2D eigenvalue weighted by molar-refractivity contribution is 7.92. The van der Waals surface area contributed by atoms with Crippen LogP contribution in [0.4, 0.5) is 11.6 Å². The molecule has 164 valence electrons. The summed E-state index contributed by atoms with van der Waals surface area (Å²) in [5, 5.41) is 2.94. The molecule has 0 unspecified atom stereocenters. The number of carbonyl (C=O) groups excluding carboxylic acids is 1. The van der Waals surface area contributed by atoms with E-state index in [1.165, 1.54) is 24.4 Å². The molecule has 4 rings (SSSR count). The lowest BCUT2D eigenvalue weighted by molar-refractivity contribution is 0.104. The summed E-state index contributed by atoms with van der Waals surface area (Å²) < 4.78 is 38.1. The summed E-state index contributed by atoms with van der Waals surface area (Å²) in [4.78, 5) is 20.6. The molecular weight excluding hydrogens is 432 g/mol. The zero-order valence-electron chi connectivity index (χ0n) is 17.3. The summed E-state index contributed by atoms with van der Waals surface area (Å²) >= 11 is 0. The largest absolute Gasteiger partial charge is 0.454 e. The maximum absolute atomic E-state index is 12.6. The summed E-state index contributed by atoms with van der Waals surface area (Å²) in [7, 11) is -3.84. The predicted octanol–water partition coefficient (Wildman–Crippen LogP) is 3.43. The summed E-state index contributed by atoms with van der Waals surface area (Å²) in [5.74, 6) is 0.952. The number of hydrogen-bond acceptors (Lipinski definition) is 8. The Bertz CT molecular complexity index is 1280. The van der Waals surface area contributed by atoms with Gasteiger partial charge in [-0.25, -0.2) is 23.1 Å². The number of nitrogens with one attached hydrogen (secondary N) is 2. The molecular formula is C22H20N4O5S. The summed E-state index contributed by atoms with van der Waals surface area (Å²) in [6.45, 7) is 3.67. The zero-order chi connectivity index (χ0) is 22.7. The average molecular weight is 452 g/mol. The van der Waals surface area contributed by atoms with Crippen molar-refractivity contribution in [3.8, 4) is 11.5 Å². The quantitative estimate of drug-likeness (QED) is 0.413. The van der Waals surface area contributed by atoms with Gasteiger partial charge in [-0.3, -0.25) is 4.79 Å². The minimum atomic E-state index is -3.84. The van der Waals surface area contributed by atoms with Crippen LogP contribution in [0.1, 0.15) is 21.7 Å². The highest BCUT2D eigenvalue weighted by Gasteiger charge is 2.17. The molecule has 9 nitrogen and oxygen atoms in total. The first-order valence-electron chi connectivity index (χ1n) is 9.62. The molecule has 1 aliphatic rings. The zero-order valence-corrected chi connectivity index (χ0v) is 18.1. The van der Waals surface area contributed by atoms with E-state index < -0.39 is 10.0 Å². The number of carbonyl (C=O) groups is 1. The van der Waals surface area contributed by atoms with Crippen LogP contribution in [0.2, 0.25) is 0 Å². The van der Waals surface area contributed by atoms with Gasteiger partial charge >= 0.3 is 0 Å². The Labute approximate surface area is 185 Å². The number of hydrogen-bond donors (Lipinski definition) is 2. The van der Waals surface area contributed by atoms with Crippen LogP contribution in [-0.4, -0.2) is 31.0 Å². The Morgan fingerprint density at radius 1 is 0.969 bits per heavy atom. The number of aryl methyl sites for hydroxylation is 2. The number of rotatable bonds is 7. The number of sulfonamides is 1. The van der Waals surface area contributed by atoms with E-state index in [1.807, 2.05) is 0 Å². The Kier molecular flexibility index (Phi) is 5.78. The Morgan fingerprint density at radius 3 is 2.38 bits per heavy atom. The van der Waals surface area contributed by atoms with E-state index in [4.69, 9.17) is 9.47 Å². The molecule has 3 aromatic rings. The van der Waals surface area contributed by atoms with Gasteiger partial charge in [-0.05, 0) is 62.4 Å². The maximum Gasteiger partial charge on any atom is 0.264 e. The molecule has 0 spiro atoms. The van der Waals surface area contributed by atoms with Crippen molar-refractivity contribution < 1.29 is 22.7 Å². The predicted molar refractivity (Wildman–Crippen MR) is 118 cm³/mol. The average Bonchev–Trinajstić information content (AvgIpc) is 3.21. The van der Waals surface area contributed by atoms with Gasteiger partial charge in [0.2, 0.25) is 12.7 Å². The lowest BCUT2D eigenvalue weighted by Crippen LogP contribution is -2.15. The van der Waals surface area contributed by atoms with E-state index in [0.29, 0.717) is 34.1 Å². The van der Waals surface area contributed by atoms with Crippen molar-refractivity contribution in [3.63, 3.8) is 0 Å². The highest BCUT2D eigenvalue weighted by atomic mass is 32.2. The smallest absolute Gasteiger partial charge is 0.264 e. The van der Waals surface area contributed by atoms with Gasteiger partial charge < -0.3 is 14.8 Å². The van der Waals surface area contributed by atoms with Crippen molar-refractivity contribution in [2.24, 2.45) is 0 Å². The molecule has 0 aliphatic carbocycles. The summed E-state index contributed by atoms with van der Waals surface area (Å²) in [6, 6.07) is 12.8. The molecule has 2 aromatic carbocycles. The summed E-state index contributed by atoms with van der Waals surface area (Å²) in [6.07, 6.45) is 2.86. The number of ether oxygens (including phenoxy) is 2. The first kappa shape index (κ1) is 21.3. The highest BCUT2D eigenvalue weighted by Crippen LogP contribution is 2.32. The number of nitrogens with zero attached hydrogens (tertiary/aromatic N) is 2. The molecule has 32 heavy (non-hydrogen) atoms. The maximum atomic E-state index is 12.6. The molecule has 1 aliphatic heterocycles. The second-order valence-corrected chi connectivity index (χ2v) is 8.70. The van der Waals surface area contributed by atoms with E-state index in [1.54, 1.807) is 50.2 Å². The fourth-order valence-electron chi connectivity index (χ4n) is 3.04. The van der Waals surface area contributed by atoms with Crippen molar-refractivity contribution in [1.82, 2.24) is 9.97 Å². The molecule has 0 fully saturated rings. The van der Waals surface area contributed by atoms with Gasteiger partial charge in [-0.2, -0.15) is 0 Å². The van der Waals surface area contributed by atoms with E-state index in [-0.39, 0.29) is 23.4 Å². The van der Waals surface area contributed by atoms with Crippen LogP contribution in [0.15, 0.2) is 65.7 Å². The van der Waals surface area contributed by atoms with E-state index in [9.17, 15) is 13.2 Å². The minimum Gasteiger partial charge on any atom is -0.454 e. The lowest BCUT2D eigenvalue weighted by Gasteiger charge is -2.09. The van der Waals surface area contributed by atoms with E-state index in [2.05, 4.69) is 20.0 Å². The third kappa shape index (κ3) is 4.86. The van der Waals surface area contributed by atoms with E-state index in [0.717, 1.165) is 0 Å². The number of benzene rings is 2. The second kappa shape index (κ2) is 8.67. The monoisotopic (exact) mass is 452 g/mol. The van der Waals surface area contributed by atoms with E-state index >= 15 is 0 Å². The number of fused-ring (bicyclic) bond motifs is 1. The molecule has 0 bridgehead atoms. The Balaban J connectivity index is 1.39. The van der Waals surface area contributed by atoms with Gasteiger partial charge in [0, 0.05) is 34.9 Å². The first-order chi connectivity index (χ1) is 15.3. The van der Waals surface area contributed by atoms with Crippen LogP contribution < -0.4 is 19.5 Å². The van der Waals surface area contributed by atoms with Crippen molar-refractivity contribution in [1.29, 1.82) is 0 Å². The van der Waals surface area contributed by atoms with Crippen LogP contribution in [-0.2, 0) is 10.0 Å². The number of ketones is 1. The Hall–Kier alpha value is -3.92. The third-order valence-corrected chi connectivity index (χ3v) is 5.86. The standard InChI is InChI=1S/C22H20N4O5S/c1-14-11-15(2)25-22(24-14)26-32(28,29)18-6-4-17(5-7-18)23-10-9-19(27)16-3-8-20-21(12-16)31-13-30-20/h3-12,23H,13H2,1-2H3,(H,24,25,26). The lowest BCUT2D eigenvalue weighted by atomic mass is 10.1. The number of anilines is 2. The SMILES string of the molecule is Cc1cc(C)nc(NS(=O)(=O)c2ccc(NC=CC(=O)c3ccc4c(c3)OCO4)cc2)n1. The molecule has 0 saturated heterocycles. The van der Waals surface area contributed by atoms with Crippen LogP contribution >= 0.6 is 0 Å². The van der Waals surface area contributed by atoms with Crippen molar-refractivity contribution >= 4 is 27.4 Å². The molecule has 0 amide bonds. The molecule has 0 atom stereocenters. The van der Waals surface area contributed by atoms with Crippen molar-refractivity contribution in [2.75, 3.05) is 16.8 Å². The van der Waals surface area contributed by atoms with Crippen LogP contribution in [0.5, 0.6) is 11.5 Å². The molecule has 2 N–H and O–H groups in total. The second-order valence-electron chi connectivity index (χ2n) is 7.01. The molecule has 0 saturated carbocycles. The van der Waals surface area contributed by atoms with Gasteiger partial charge in [-0.15, -0.1) is 0 Å². The fourth-order valence-corrected chi connectivity index (χ4v) is 3.98. The summed E-state index contributed by atoms with van der Waals surface area (Å²) in [5.41, 5.74) is 2.41. The third-order valence-electron chi connectivity index (χ3n) is 4.51. The van der Waals surface area contributed by atoms with Crippen LogP contribution in [0.3, 0.4) is 0 Å². The van der Waals surface area contributed by atoms with Crippen LogP contribution in [0, 0.1) is 13.8 Å². The van der Waals surface area contributed by atoms with Gasteiger partial charge in [0.05, 0.1) is 4.90 Å². The molecule has 1 aromatic heterocycles. The number of allylic oxidation sites excluding steroid dienone is 1. The van der Waals surface area contributed by atoms with Crippen molar-refractivity contribution in [3.05, 3.63) is 77.8 Å². The van der Waals surface area contributed by atoms with Gasteiger partial charge in [0.1, 0.15) is 0 Å². The van der Waals surface area contributed by atoms with Gasteiger partial charge in [0.15, 0.2) is 17.3 Å². The topological polar surface area (TPSA) is 120 Å². The number of aromatic nitrogens is 2. The van der Waals surface area contributed by atoms with Crippen molar-refractivity contribution in [2.45, 2.75) is 18.7 Å². The minimum absolute atomic E-state index is 0.0228. The fraction of sp³-hybridized carbons (Fsp3) is 0.136. The van der Waals surface area contributed by atoms with Gasteiger partial charge in [-0.1, -0.05) is 0 Å².